The lowest BCUT2D eigenvalue weighted by Gasteiger charge is -2.14. The first-order chi connectivity index (χ1) is 24.2. The maximum atomic E-state index is 5.16. The van der Waals surface area contributed by atoms with E-state index in [9.17, 15) is 0 Å². The molecule has 0 atom stereocenters. The molecule has 3 nitrogen and oxygen atoms in total. The Hall–Kier alpha value is -6.45. The molecule has 0 aliphatic carbocycles. The van der Waals surface area contributed by atoms with Crippen molar-refractivity contribution in [2.75, 3.05) is 0 Å². The number of aryl methyl sites for hydroxylation is 1. The van der Waals surface area contributed by atoms with Gasteiger partial charge in [-0.05, 0) is 84.4 Å². The van der Waals surface area contributed by atoms with Crippen LogP contribution in [0.25, 0.3) is 94.5 Å². The zero-order chi connectivity index (χ0) is 32.9. The second-order valence-electron chi connectivity index (χ2n) is 12.5. The van der Waals surface area contributed by atoms with E-state index in [2.05, 4.69) is 147 Å². The van der Waals surface area contributed by atoms with E-state index in [1.165, 1.54) is 59.8 Å². The van der Waals surface area contributed by atoms with Gasteiger partial charge in [-0.15, -0.1) is 0 Å². The van der Waals surface area contributed by atoms with Crippen LogP contribution in [0.5, 0.6) is 0 Å². The van der Waals surface area contributed by atoms with E-state index in [-0.39, 0.29) is 0 Å². The van der Waals surface area contributed by atoms with Crippen LogP contribution < -0.4 is 0 Å². The molecule has 1 aromatic heterocycles. The van der Waals surface area contributed by atoms with Gasteiger partial charge in [0.05, 0.1) is 0 Å². The van der Waals surface area contributed by atoms with Crippen LogP contribution in [-0.2, 0) is 0 Å². The van der Waals surface area contributed by atoms with Crippen LogP contribution in [0.15, 0.2) is 158 Å². The molecule has 9 aromatic rings. The van der Waals surface area contributed by atoms with Crippen molar-refractivity contribution in [3.63, 3.8) is 0 Å². The highest BCUT2D eigenvalue weighted by molar-refractivity contribution is 6.25. The normalized spacial score (nSPS) is 11.4. The molecule has 0 unspecified atom stereocenters. The zero-order valence-corrected chi connectivity index (χ0v) is 27.1. The molecule has 0 spiro atoms. The SMILES string of the molecule is C=Cc1ccccc1-c1ccc2ccc(-c3nc(-c4ccccc4)nc(-c4ccc5c6ccccc6c6ccccc6c5c4)n3)cc2c1C. The average molecular weight is 626 g/mol. The van der Waals surface area contributed by atoms with Gasteiger partial charge in [0, 0.05) is 16.7 Å². The molecule has 0 bridgehead atoms. The summed E-state index contributed by atoms with van der Waals surface area (Å²) in [4.78, 5) is 15.3. The molecular weight excluding hydrogens is 595 g/mol. The van der Waals surface area contributed by atoms with Crippen LogP contribution in [0.2, 0.25) is 0 Å². The van der Waals surface area contributed by atoms with Crippen molar-refractivity contribution in [1.82, 2.24) is 15.0 Å². The van der Waals surface area contributed by atoms with Gasteiger partial charge in [0.2, 0.25) is 0 Å². The van der Waals surface area contributed by atoms with Crippen LogP contribution in [0.1, 0.15) is 11.1 Å². The van der Waals surface area contributed by atoms with Crippen LogP contribution in [-0.4, -0.2) is 15.0 Å². The molecule has 49 heavy (non-hydrogen) atoms. The number of hydrogen-bond acceptors (Lipinski definition) is 3. The second-order valence-corrected chi connectivity index (χ2v) is 12.5. The summed E-state index contributed by atoms with van der Waals surface area (Å²) in [5.74, 6) is 1.94. The fraction of sp³-hybridized carbons (Fsp3) is 0.0217. The molecule has 3 heteroatoms. The van der Waals surface area contributed by atoms with E-state index in [0.717, 1.165) is 22.3 Å². The van der Waals surface area contributed by atoms with Gasteiger partial charge in [-0.2, -0.15) is 0 Å². The third kappa shape index (κ3) is 4.87. The van der Waals surface area contributed by atoms with Crippen molar-refractivity contribution in [2.24, 2.45) is 0 Å². The maximum Gasteiger partial charge on any atom is 0.164 e. The number of aromatic nitrogens is 3. The Morgan fingerprint density at radius 1 is 0.408 bits per heavy atom. The summed E-state index contributed by atoms with van der Waals surface area (Å²) in [5.41, 5.74) is 7.54. The van der Waals surface area contributed by atoms with Crippen molar-refractivity contribution in [1.29, 1.82) is 0 Å². The topological polar surface area (TPSA) is 38.7 Å². The number of nitrogens with zero attached hydrogens (tertiary/aromatic N) is 3. The molecule has 0 amide bonds. The summed E-state index contributed by atoms with van der Waals surface area (Å²) in [7, 11) is 0. The molecule has 0 aliphatic rings. The number of rotatable bonds is 5. The Balaban J connectivity index is 1.25. The summed E-state index contributed by atoms with van der Waals surface area (Å²) < 4.78 is 0. The first-order valence-electron chi connectivity index (χ1n) is 16.6. The van der Waals surface area contributed by atoms with Gasteiger partial charge < -0.3 is 0 Å². The minimum absolute atomic E-state index is 0.644. The largest absolute Gasteiger partial charge is 0.208 e. The third-order valence-electron chi connectivity index (χ3n) is 9.69. The number of hydrogen-bond donors (Lipinski definition) is 0. The number of fused-ring (bicyclic) bond motifs is 7. The molecular formula is C46H31N3. The fourth-order valence-corrected chi connectivity index (χ4v) is 7.22. The quantitative estimate of drug-likeness (QED) is 0.179. The van der Waals surface area contributed by atoms with Crippen molar-refractivity contribution in [3.8, 4) is 45.3 Å². The first-order valence-corrected chi connectivity index (χ1v) is 16.6. The maximum absolute atomic E-state index is 5.16. The Bertz CT molecular complexity index is 2710. The summed E-state index contributed by atoms with van der Waals surface area (Å²) in [6, 6.07) is 53.4. The molecule has 0 aliphatic heterocycles. The Morgan fingerprint density at radius 3 is 1.55 bits per heavy atom. The van der Waals surface area contributed by atoms with Crippen LogP contribution in [0, 0.1) is 6.92 Å². The van der Waals surface area contributed by atoms with Crippen molar-refractivity contribution in [2.45, 2.75) is 6.92 Å². The van der Waals surface area contributed by atoms with Crippen LogP contribution in [0.4, 0.5) is 0 Å². The van der Waals surface area contributed by atoms with E-state index in [0.29, 0.717) is 17.5 Å². The first kappa shape index (κ1) is 28.7. The molecule has 0 N–H and O–H groups in total. The van der Waals surface area contributed by atoms with Crippen molar-refractivity contribution < 1.29 is 0 Å². The van der Waals surface area contributed by atoms with Crippen LogP contribution in [0.3, 0.4) is 0 Å². The molecule has 9 rings (SSSR count). The molecule has 0 saturated heterocycles. The van der Waals surface area contributed by atoms with E-state index < -0.39 is 0 Å². The Kier molecular flexibility index (Phi) is 6.84. The lowest BCUT2D eigenvalue weighted by Crippen LogP contribution is -2.00. The summed E-state index contributed by atoms with van der Waals surface area (Å²) in [6.45, 7) is 6.24. The summed E-state index contributed by atoms with van der Waals surface area (Å²) in [5, 5.41) is 9.70. The predicted molar refractivity (Wildman–Crippen MR) is 206 cm³/mol. The van der Waals surface area contributed by atoms with E-state index >= 15 is 0 Å². The smallest absolute Gasteiger partial charge is 0.164 e. The molecule has 230 valence electrons. The minimum Gasteiger partial charge on any atom is -0.208 e. The van der Waals surface area contributed by atoms with E-state index in [4.69, 9.17) is 15.0 Å². The summed E-state index contributed by atoms with van der Waals surface area (Å²) >= 11 is 0. The lowest BCUT2D eigenvalue weighted by atomic mass is 9.91. The van der Waals surface area contributed by atoms with Crippen LogP contribution >= 0.6 is 0 Å². The molecule has 1 heterocycles. The highest BCUT2D eigenvalue weighted by atomic mass is 15.0. The molecule has 8 aromatic carbocycles. The molecule has 0 radical (unpaired) electrons. The van der Waals surface area contributed by atoms with Gasteiger partial charge in [0.1, 0.15) is 0 Å². The summed E-state index contributed by atoms with van der Waals surface area (Å²) in [6.07, 6.45) is 1.92. The highest BCUT2D eigenvalue weighted by Crippen LogP contribution is 2.38. The van der Waals surface area contributed by atoms with Gasteiger partial charge in [-0.25, -0.2) is 15.0 Å². The zero-order valence-electron chi connectivity index (χ0n) is 27.1. The van der Waals surface area contributed by atoms with Crippen molar-refractivity contribution in [3.05, 3.63) is 169 Å². The molecule has 0 fully saturated rings. The standard InChI is InChI=1S/C46H31N3/c1-3-30-13-7-8-16-36(30)35-25-23-31-21-22-33(27-42(31)29(35)2)45-47-44(32-14-5-4-6-15-32)48-46(49-45)34-24-26-41-39-19-10-9-17-37(39)38-18-11-12-20-40(38)43(41)28-34/h3-28H,1H2,2H3. The van der Waals surface area contributed by atoms with E-state index in [1.54, 1.807) is 0 Å². The molecule has 0 saturated carbocycles. The van der Waals surface area contributed by atoms with Gasteiger partial charge in [0.25, 0.3) is 0 Å². The van der Waals surface area contributed by atoms with Crippen molar-refractivity contribution >= 4 is 49.2 Å². The van der Waals surface area contributed by atoms with Gasteiger partial charge in [-0.1, -0.05) is 152 Å². The number of benzene rings is 8. The fourth-order valence-electron chi connectivity index (χ4n) is 7.22. The Labute approximate surface area is 284 Å². The van der Waals surface area contributed by atoms with Gasteiger partial charge in [-0.3, -0.25) is 0 Å². The van der Waals surface area contributed by atoms with E-state index in [1.807, 2.05) is 24.3 Å². The monoisotopic (exact) mass is 625 g/mol. The minimum atomic E-state index is 0.644. The van der Waals surface area contributed by atoms with Gasteiger partial charge in [0.15, 0.2) is 17.5 Å². The average Bonchev–Trinajstić information content (AvgIpc) is 3.18. The highest BCUT2D eigenvalue weighted by Gasteiger charge is 2.16. The second kappa shape index (κ2) is 11.7. The Morgan fingerprint density at radius 2 is 0.898 bits per heavy atom. The predicted octanol–water partition coefficient (Wildman–Crippen LogP) is 12.1. The lowest BCUT2D eigenvalue weighted by molar-refractivity contribution is 1.08. The third-order valence-corrected chi connectivity index (χ3v) is 9.69. The van der Waals surface area contributed by atoms with Gasteiger partial charge >= 0.3 is 0 Å².